The van der Waals surface area contributed by atoms with Crippen molar-refractivity contribution in [2.75, 3.05) is 13.1 Å². The average Bonchev–Trinajstić information content (AvgIpc) is 2.06. The molecule has 0 saturated carbocycles. The molecule has 1 unspecified atom stereocenters. The zero-order chi connectivity index (χ0) is 8.10. The molecule has 1 aliphatic rings. The Hall–Kier alpha value is -0.520. The minimum absolute atomic E-state index is 0.174. The first-order valence-corrected chi connectivity index (χ1v) is 4.30. The van der Waals surface area contributed by atoms with Gasteiger partial charge in [0.2, 0.25) is 0 Å². The van der Waals surface area contributed by atoms with E-state index < -0.39 is 0 Å². The first-order valence-electron chi connectivity index (χ1n) is 4.30. The zero-order valence-corrected chi connectivity index (χ0v) is 7.14. The molecule has 1 fully saturated rings. The highest BCUT2D eigenvalue weighted by Gasteiger charge is 2.10. The molecule has 0 aliphatic carbocycles. The van der Waals surface area contributed by atoms with Gasteiger partial charge in [-0.1, -0.05) is 12.3 Å². The Balaban J connectivity index is 2.20. The molecule has 0 aromatic carbocycles. The van der Waals surface area contributed by atoms with E-state index in [0.29, 0.717) is 0 Å². The maximum Gasteiger partial charge on any atom is 0.0791 e. The number of hydrogen-bond acceptors (Lipinski definition) is 2. The van der Waals surface area contributed by atoms with Crippen LogP contribution < -0.4 is 5.43 Å². The Bertz CT molecular complexity index is 142. The summed E-state index contributed by atoms with van der Waals surface area (Å²) in [6.45, 7) is 4.30. The fourth-order valence-corrected chi connectivity index (χ4v) is 1.33. The third-order valence-corrected chi connectivity index (χ3v) is 1.98. The average molecular weight is 152 g/mol. The summed E-state index contributed by atoms with van der Waals surface area (Å²) in [4.78, 5) is 0. The smallest absolute Gasteiger partial charge is 0.0791 e. The summed E-state index contributed by atoms with van der Waals surface area (Å²) in [5.41, 5.74) is 3.27. The van der Waals surface area contributed by atoms with Crippen molar-refractivity contribution < 1.29 is 0 Å². The van der Waals surface area contributed by atoms with Crippen molar-refractivity contribution in [2.24, 2.45) is 0 Å². The van der Waals surface area contributed by atoms with Crippen LogP contribution in [0.5, 0.6) is 0 Å². The molecule has 0 aromatic heterocycles. The molecule has 2 nitrogen and oxygen atoms in total. The highest BCUT2D eigenvalue weighted by atomic mass is 15.5. The molecule has 1 N–H and O–H groups in total. The lowest BCUT2D eigenvalue weighted by atomic mass is 10.2. The Morgan fingerprint density at radius 3 is 2.55 bits per heavy atom. The summed E-state index contributed by atoms with van der Waals surface area (Å²) in [5.74, 6) is 2.66. The van der Waals surface area contributed by atoms with E-state index in [9.17, 15) is 0 Å². The first kappa shape index (κ1) is 8.58. The topological polar surface area (TPSA) is 15.3 Å². The summed E-state index contributed by atoms with van der Waals surface area (Å²) >= 11 is 0. The fourth-order valence-electron chi connectivity index (χ4n) is 1.33. The van der Waals surface area contributed by atoms with Crippen molar-refractivity contribution in [1.82, 2.24) is 10.4 Å². The Morgan fingerprint density at radius 2 is 2.00 bits per heavy atom. The van der Waals surface area contributed by atoms with Gasteiger partial charge >= 0.3 is 0 Å². The number of hydrogen-bond donors (Lipinski definition) is 1. The van der Waals surface area contributed by atoms with E-state index in [4.69, 9.17) is 6.42 Å². The summed E-state index contributed by atoms with van der Waals surface area (Å²) in [6.07, 6.45) is 9.21. The highest BCUT2D eigenvalue weighted by Crippen LogP contribution is 2.05. The predicted octanol–water partition coefficient (Wildman–Crippen LogP) is 0.999. The molecule has 0 amide bonds. The van der Waals surface area contributed by atoms with Gasteiger partial charge in [-0.25, -0.2) is 10.4 Å². The second-order valence-corrected chi connectivity index (χ2v) is 3.07. The molecule has 11 heavy (non-hydrogen) atoms. The molecule has 2 heteroatoms. The van der Waals surface area contributed by atoms with Crippen molar-refractivity contribution in [3.05, 3.63) is 0 Å². The van der Waals surface area contributed by atoms with Crippen LogP contribution in [-0.4, -0.2) is 24.1 Å². The van der Waals surface area contributed by atoms with Crippen LogP contribution in [0.25, 0.3) is 0 Å². The molecule has 62 valence electrons. The molecule has 0 aromatic rings. The van der Waals surface area contributed by atoms with Crippen LogP contribution in [0.1, 0.15) is 26.2 Å². The molecule has 0 radical (unpaired) electrons. The van der Waals surface area contributed by atoms with Gasteiger partial charge in [-0.3, -0.25) is 0 Å². The van der Waals surface area contributed by atoms with E-state index in [1.54, 1.807) is 0 Å². The number of hydrazine groups is 1. The molecule has 1 aliphatic heterocycles. The van der Waals surface area contributed by atoms with Crippen molar-refractivity contribution >= 4 is 0 Å². The molecular weight excluding hydrogens is 136 g/mol. The van der Waals surface area contributed by atoms with Gasteiger partial charge in [0.15, 0.2) is 0 Å². The lowest BCUT2D eigenvalue weighted by Gasteiger charge is -2.28. The summed E-state index contributed by atoms with van der Waals surface area (Å²) < 4.78 is 0. The van der Waals surface area contributed by atoms with Gasteiger partial charge < -0.3 is 0 Å². The van der Waals surface area contributed by atoms with Crippen LogP contribution in [0.2, 0.25) is 0 Å². The van der Waals surface area contributed by atoms with Gasteiger partial charge in [-0.15, -0.1) is 6.42 Å². The molecule has 1 rings (SSSR count). The largest absolute Gasteiger partial charge is 0.243 e. The number of rotatable bonds is 2. The maximum absolute atomic E-state index is 5.25. The number of piperidine rings is 1. The standard InChI is InChI=1S/C9H16N2/c1-3-9(2)10-11-7-5-4-6-8-11/h1,9-10H,4-8H2,2H3. The first-order chi connectivity index (χ1) is 5.33. The Morgan fingerprint density at radius 1 is 1.36 bits per heavy atom. The predicted molar refractivity (Wildman–Crippen MR) is 46.9 cm³/mol. The minimum Gasteiger partial charge on any atom is -0.243 e. The number of terminal acetylenes is 1. The number of nitrogens with one attached hydrogen (secondary N) is 1. The van der Waals surface area contributed by atoms with E-state index in [-0.39, 0.29) is 6.04 Å². The van der Waals surface area contributed by atoms with E-state index in [1.165, 1.54) is 19.3 Å². The summed E-state index contributed by atoms with van der Waals surface area (Å²) in [7, 11) is 0. The molecule has 1 atom stereocenters. The van der Waals surface area contributed by atoms with E-state index in [0.717, 1.165) is 13.1 Å². The molecule has 1 saturated heterocycles. The van der Waals surface area contributed by atoms with E-state index >= 15 is 0 Å². The summed E-state index contributed by atoms with van der Waals surface area (Å²) in [6, 6.07) is 0.174. The van der Waals surface area contributed by atoms with E-state index in [2.05, 4.69) is 16.4 Å². The van der Waals surface area contributed by atoms with Gasteiger partial charge in [0.05, 0.1) is 6.04 Å². The van der Waals surface area contributed by atoms with Crippen LogP contribution in [0.4, 0.5) is 0 Å². The van der Waals surface area contributed by atoms with Gasteiger partial charge in [0.1, 0.15) is 0 Å². The van der Waals surface area contributed by atoms with Gasteiger partial charge in [-0.2, -0.15) is 0 Å². The Labute approximate surface area is 68.9 Å². The number of nitrogens with zero attached hydrogens (tertiary/aromatic N) is 1. The molecular formula is C9H16N2. The SMILES string of the molecule is C#CC(C)NN1CCCCC1. The van der Waals surface area contributed by atoms with Crippen LogP contribution in [-0.2, 0) is 0 Å². The van der Waals surface area contributed by atoms with Crippen molar-refractivity contribution in [2.45, 2.75) is 32.2 Å². The monoisotopic (exact) mass is 152 g/mol. The van der Waals surface area contributed by atoms with Gasteiger partial charge in [0, 0.05) is 13.1 Å². The highest BCUT2D eigenvalue weighted by molar-refractivity contribution is 4.95. The van der Waals surface area contributed by atoms with Gasteiger partial charge in [-0.05, 0) is 19.8 Å². The minimum atomic E-state index is 0.174. The summed E-state index contributed by atoms with van der Waals surface area (Å²) in [5, 5.41) is 2.23. The third-order valence-electron chi connectivity index (χ3n) is 1.98. The zero-order valence-electron chi connectivity index (χ0n) is 7.14. The quantitative estimate of drug-likeness (QED) is 0.594. The van der Waals surface area contributed by atoms with Gasteiger partial charge in [0.25, 0.3) is 0 Å². The van der Waals surface area contributed by atoms with Crippen LogP contribution in [0.3, 0.4) is 0 Å². The maximum atomic E-state index is 5.25. The second kappa shape index (κ2) is 4.38. The van der Waals surface area contributed by atoms with Crippen molar-refractivity contribution in [3.8, 4) is 12.3 Å². The fraction of sp³-hybridized carbons (Fsp3) is 0.778. The molecule has 0 bridgehead atoms. The van der Waals surface area contributed by atoms with E-state index in [1.807, 2.05) is 6.92 Å². The second-order valence-electron chi connectivity index (χ2n) is 3.07. The molecule has 1 heterocycles. The lowest BCUT2D eigenvalue weighted by Crippen LogP contribution is -2.45. The third kappa shape index (κ3) is 2.92. The van der Waals surface area contributed by atoms with Crippen molar-refractivity contribution in [3.63, 3.8) is 0 Å². The lowest BCUT2D eigenvalue weighted by molar-refractivity contribution is 0.146. The van der Waals surface area contributed by atoms with Crippen LogP contribution in [0.15, 0.2) is 0 Å². The molecule has 0 spiro atoms. The van der Waals surface area contributed by atoms with Crippen LogP contribution >= 0.6 is 0 Å². The van der Waals surface area contributed by atoms with Crippen LogP contribution in [0, 0.1) is 12.3 Å². The normalized spacial score (nSPS) is 22.5. The Kier molecular flexibility index (Phi) is 3.41. The van der Waals surface area contributed by atoms with Crippen molar-refractivity contribution in [1.29, 1.82) is 0 Å².